The van der Waals surface area contributed by atoms with E-state index in [0.29, 0.717) is 11.6 Å². The van der Waals surface area contributed by atoms with Gasteiger partial charge in [-0.15, -0.1) is 11.3 Å². The van der Waals surface area contributed by atoms with E-state index in [1.54, 1.807) is 23.5 Å². The molecular weight excluding hydrogens is 338 g/mol. The van der Waals surface area contributed by atoms with Gasteiger partial charge in [0.1, 0.15) is 0 Å². The molecule has 5 heteroatoms. The number of aromatic carboxylic acids is 1. The molecular formula is C15H16BrNO2S. The molecule has 1 atom stereocenters. The Bertz CT molecular complexity index is 594. The minimum absolute atomic E-state index is 0.324. The van der Waals surface area contributed by atoms with Gasteiger partial charge < -0.3 is 5.11 Å². The number of nitrogens with zero attached hydrogens (tertiary/aromatic N) is 1. The predicted molar refractivity (Wildman–Crippen MR) is 85.3 cm³/mol. The molecule has 0 aliphatic rings. The largest absolute Gasteiger partial charge is 0.478 e. The third-order valence-corrected chi connectivity index (χ3v) is 5.16. The van der Waals surface area contributed by atoms with Crippen LogP contribution in [0, 0.1) is 0 Å². The molecule has 0 amide bonds. The van der Waals surface area contributed by atoms with Crippen LogP contribution in [0.25, 0.3) is 0 Å². The zero-order chi connectivity index (χ0) is 14.7. The van der Waals surface area contributed by atoms with Crippen molar-refractivity contribution in [2.75, 3.05) is 7.05 Å². The SMILES string of the molecule is CC(c1cc(Br)cs1)N(C)Cc1ccc(C(=O)O)cc1. The number of hydrogen-bond donors (Lipinski definition) is 1. The fourth-order valence-electron chi connectivity index (χ4n) is 1.94. The molecule has 2 aromatic rings. The van der Waals surface area contributed by atoms with Crippen molar-refractivity contribution in [2.24, 2.45) is 0 Å². The predicted octanol–water partition coefficient (Wildman–Crippen LogP) is 4.40. The maximum atomic E-state index is 10.8. The van der Waals surface area contributed by atoms with Crippen molar-refractivity contribution in [1.29, 1.82) is 0 Å². The number of benzene rings is 1. The zero-order valence-corrected chi connectivity index (χ0v) is 13.7. The van der Waals surface area contributed by atoms with E-state index < -0.39 is 5.97 Å². The first-order chi connectivity index (χ1) is 9.47. The van der Waals surface area contributed by atoms with Gasteiger partial charge in [0.2, 0.25) is 0 Å². The van der Waals surface area contributed by atoms with Crippen LogP contribution in [0.3, 0.4) is 0 Å². The van der Waals surface area contributed by atoms with Crippen LogP contribution in [0.2, 0.25) is 0 Å². The molecule has 0 radical (unpaired) electrons. The van der Waals surface area contributed by atoms with Crippen LogP contribution in [0.5, 0.6) is 0 Å². The number of carboxylic acid groups (broad SMARTS) is 1. The van der Waals surface area contributed by atoms with Crippen molar-refractivity contribution in [3.05, 3.63) is 56.2 Å². The summed E-state index contributed by atoms with van der Waals surface area (Å²) in [5.74, 6) is -0.887. The molecule has 3 nitrogen and oxygen atoms in total. The number of halogens is 1. The Hall–Kier alpha value is -1.17. The van der Waals surface area contributed by atoms with Crippen LogP contribution in [0.4, 0.5) is 0 Å². The summed E-state index contributed by atoms with van der Waals surface area (Å²) in [6, 6.07) is 9.51. The Morgan fingerprint density at radius 3 is 2.55 bits per heavy atom. The smallest absolute Gasteiger partial charge is 0.335 e. The van der Waals surface area contributed by atoms with Crippen molar-refractivity contribution in [3.63, 3.8) is 0 Å². The van der Waals surface area contributed by atoms with E-state index in [0.717, 1.165) is 16.6 Å². The highest BCUT2D eigenvalue weighted by Crippen LogP contribution is 2.29. The number of rotatable bonds is 5. The standard InChI is InChI=1S/C15H16BrNO2S/c1-10(14-7-13(16)9-20-14)17(2)8-11-3-5-12(6-4-11)15(18)19/h3-7,9-10H,8H2,1-2H3,(H,18,19). The lowest BCUT2D eigenvalue weighted by molar-refractivity contribution is 0.0697. The third-order valence-electron chi connectivity index (χ3n) is 3.29. The van der Waals surface area contributed by atoms with E-state index >= 15 is 0 Å². The minimum Gasteiger partial charge on any atom is -0.478 e. The fourth-order valence-corrected chi connectivity index (χ4v) is 3.51. The topological polar surface area (TPSA) is 40.5 Å². The van der Waals surface area contributed by atoms with E-state index in [4.69, 9.17) is 5.11 Å². The third kappa shape index (κ3) is 3.69. The summed E-state index contributed by atoms with van der Waals surface area (Å²) in [4.78, 5) is 14.4. The van der Waals surface area contributed by atoms with E-state index in [2.05, 4.69) is 46.2 Å². The van der Waals surface area contributed by atoms with Gasteiger partial charge in [-0.25, -0.2) is 4.79 Å². The molecule has 0 saturated carbocycles. The van der Waals surface area contributed by atoms with Gasteiger partial charge >= 0.3 is 5.97 Å². The average Bonchev–Trinajstić information content (AvgIpc) is 2.85. The highest BCUT2D eigenvalue weighted by Gasteiger charge is 2.14. The van der Waals surface area contributed by atoms with Gasteiger partial charge in [-0.2, -0.15) is 0 Å². The monoisotopic (exact) mass is 353 g/mol. The summed E-state index contributed by atoms with van der Waals surface area (Å²) in [7, 11) is 2.07. The first kappa shape index (κ1) is 15.2. The fraction of sp³-hybridized carbons (Fsp3) is 0.267. The Morgan fingerprint density at radius 2 is 2.05 bits per heavy atom. The number of hydrogen-bond acceptors (Lipinski definition) is 3. The summed E-state index contributed by atoms with van der Waals surface area (Å²) in [5, 5.41) is 11.0. The summed E-state index contributed by atoms with van der Waals surface area (Å²) in [5.41, 5.74) is 1.44. The van der Waals surface area contributed by atoms with Crippen molar-refractivity contribution < 1.29 is 9.90 Å². The molecule has 1 heterocycles. The molecule has 0 bridgehead atoms. The molecule has 1 aromatic carbocycles. The van der Waals surface area contributed by atoms with Crippen molar-refractivity contribution in [3.8, 4) is 0 Å². The maximum absolute atomic E-state index is 10.8. The number of carbonyl (C=O) groups is 1. The number of carboxylic acids is 1. The van der Waals surface area contributed by atoms with Crippen LogP contribution in [-0.2, 0) is 6.54 Å². The van der Waals surface area contributed by atoms with Crippen molar-refractivity contribution in [1.82, 2.24) is 4.90 Å². The Morgan fingerprint density at radius 1 is 1.40 bits per heavy atom. The molecule has 0 fully saturated rings. The lowest BCUT2D eigenvalue weighted by Crippen LogP contribution is -2.21. The van der Waals surface area contributed by atoms with Crippen LogP contribution in [0.1, 0.15) is 33.8 Å². The highest BCUT2D eigenvalue weighted by molar-refractivity contribution is 9.10. The van der Waals surface area contributed by atoms with E-state index in [9.17, 15) is 4.79 Å². The zero-order valence-electron chi connectivity index (χ0n) is 11.3. The normalized spacial score (nSPS) is 12.6. The van der Waals surface area contributed by atoms with Crippen LogP contribution in [-0.4, -0.2) is 23.0 Å². The Balaban J connectivity index is 2.03. The second kappa shape index (κ2) is 6.52. The minimum atomic E-state index is -0.887. The van der Waals surface area contributed by atoms with Gasteiger partial charge in [-0.05, 0) is 53.7 Å². The van der Waals surface area contributed by atoms with Crippen LogP contribution < -0.4 is 0 Å². The van der Waals surface area contributed by atoms with Gasteiger partial charge in [-0.1, -0.05) is 12.1 Å². The number of thiophene rings is 1. The van der Waals surface area contributed by atoms with Crippen molar-refractivity contribution in [2.45, 2.75) is 19.5 Å². The summed E-state index contributed by atoms with van der Waals surface area (Å²) < 4.78 is 1.11. The summed E-state index contributed by atoms with van der Waals surface area (Å²) >= 11 is 5.21. The van der Waals surface area contributed by atoms with E-state index in [1.165, 1.54) is 4.88 Å². The molecule has 1 N–H and O–H groups in total. The van der Waals surface area contributed by atoms with Crippen molar-refractivity contribution >= 4 is 33.2 Å². The van der Waals surface area contributed by atoms with E-state index in [1.807, 2.05) is 12.1 Å². The molecule has 1 unspecified atom stereocenters. The van der Waals surface area contributed by atoms with Gasteiger partial charge in [-0.3, -0.25) is 4.90 Å². The van der Waals surface area contributed by atoms with Gasteiger partial charge in [0.05, 0.1) is 5.56 Å². The lowest BCUT2D eigenvalue weighted by Gasteiger charge is -2.23. The molecule has 0 spiro atoms. The molecule has 106 valence electrons. The molecule has 1 aromatic heterocycles. The first-order valence-electron chi connectivity index (χ1n) is 6.24. The summed E-state index contributed by atoms with van der Waals surface area (Å²) in [6.07, 6.45) is 0. The summed E-state index contributed by atoms with van der Waals surface area (Å²) in [6.45, 7) is 2.96. The molecule has 0 aliphatic carbocycles. The van der Waals surface area contributed by atoms with Crippen LogP contribution >= 0.6 is 27.3 Å². The Labute approximate surface area is 131 Å². The molecule has 20 heavy (non-hydrogen) atoms. The molecule has 0 saturated heterocycles. The quantitative estimate of drug-likeness (QED) is 0.865. The van der Waals surface area contributed by atoms with Gasteiger partial charge in [0, 0.05) is 27.3 Å². The van der Waals surface area contributed by atoms with Crippen LogP contribution in [0.15, 0.2) is 40.2 Å². The highest BCUT2D eigenvalue weighted by atomic mass is 79.9. The average molecular weight is 354 g/mol. The lowest BCUT2D eigenvalue weighted by atomic mass is 10.1. The van der Waals surface area contributed by atoms with Gasteiger partial charge in [0.25, 0.3) is 0 Å². The maximum Gasteiger partial charge on any atom is 0.335 e. The molecule has 0 aliphatic heterocycles. The second-order valence-corrected chi connectivity index (χ2v) is 6.62. The molecule has 2 rings (SSSR count). The second-order valence-electron chi connectivity index (χ2n) is 4.76. The first-order valence-corrected chi connectivity index (χ1v) is 7.91. The Kier molecular flexibility index (Phi) is 4.96. The van der Waals surface area contributed by atoms with Gasteiger partial charge in [0.15, 0.2) is 0 Å². The van der Waals surface area contributed by atoms with E-state index in [-0.39, 0.29) is 0 Å².